The van der Waals surface area contributed by atoms with Gasteiger partial charge in [0.1, 0.15) is 15.7 Å². The van der Waals surface area contributed by atoms with Crippen LogP contribution in [0.4, 0.5) is 0 Å². The van der Waals surface area contributed by atoms with E-state index in [-0.39, 0.29) is 0 Å². The molecule has 0 aromatic rings. The fourth-order valence-electron chi connectivity index (χ4n) is 0.941. The molecule has 0 aliphatic rings. The van der Waals surface area contributed by atoms with Crippen molar-refractivity contribution in [3.05, 3.63) is 12.2 Å². The van der Waals surface area contributed by atoms with E-state index in [1.165, 1.54) is 0 Å². The van der Waals surface area contributed by atoms with Crippen molar-refractivity contribution in [3.8, 4) is 0 Å². The monoisotopic (exact) mass is 215 g/mol. The van der Waals surface area contributed by atoms with E-state index in [0.29, 0.717) is 13.2 Å². The Morgan fingerprint density at radius 1 is 1.36 bits per heavy atom. The van der Waals surface area contributed by atoms with Gasteiger partial charge in [0.05, 0.1) is 6.61 Å². The van der Waals surface area contributed by atoms with Gasteiger partial charge < -0.3 is 14.2 Å². The van der Waals surface area contributed by atoms with Crippen LogP contribution in [0.15, 0.2) is 12.2 Å². The fourth-order valence-corrected chi connectivity index (χ4v) is 1.12. The number of ether oxygens (including phenoxy) is 3. The van der Waals surface area contributed by atoms with E-state index in [0.717, 1.165) is 18.4 Å². The van der Waals surface area contributed by atoms with Gasteiger partial charge >= 0.3 is 0 Å². The summed E-state index contributed by atoms with van der Waals surface area (Å²) in [4.78, 5) is 0. The maximum absolute atomic E-state index is 5.35. The molecule has 0 aromatic carbocycles. The van der Waals surface area contributed by atoms with Crippen LogP contribution in [0.25, 0.3) is 0 Å². The Bertz CT molecular complexity index is 167. The van der Waals surface area contributed by atoms with Crippen LogP contribution in [-0.4, -0.2) is 43.1 Å². The summed E-state index contributed by atoms with van der Waals surface area (Å²) >= 11 is 0. The average Bonchev–Trinajstić information content (AvgIpc) is 2.16. The molecule has 0 aliphatic heterocycles. The predicted octanol–water partition coefficient (Wildman–Crippen LogP) is 1.47. The van der Waals surface area contributed by atoms with E-state index in [9.17, 15) is 0 Å². The first kappa shape index (κ1) is 13.8. The molecule has 0 saturated heterocycles. The van der Waals surface area contributed by atoms with Gasteiger partial charge in [-0.2, -0.15) is 0 Å². The zero-order chi connectivity index (χ0) is 11.0. The van der Waals surface area contributed by atoms with Gasteiger partial charge in [-0.3, -0.25) is 0 Å². The lowest BCUT2D eigenvalue weighted by molar-refractivity contribution is -0.148. The van der Waals surface area contributed by atoms with Crippen LogP contribution in [0.1, 0.15) is 19.8 Å². The Morgan fingerprint density at radius 2 is 1.93 bits per heavy atom. The third-order valence-electron chi connectivity index (χ3n) is 1.80. The Morgan fingerprint density at radius 3 is 2.36 bits per heavy atom. The molecular formula is C10H19O3Si. The lowest BCUT2D eigenvalue weighted by atomic mass is 10.3. The molecule has 0 saturated carbocycles. The molecule has 4 heteroatoms. The highest BCUT2D eigenvalue weighted by molar-refractivity contribution is 6.13. The highest BCUT2D eigenvalue weighted by Gasteiger charge is 2.21. The molecule has 14 heavy (non-hydrogen) atoms. The van der Waals surface area contributed by atoms with E-state index in [1.807, 2.05) is 6.92 Å². The standard InChI is InChI=1S/C10H19O3Si/c1-9(2)8-13-7-5-6-10(14,11-3)12-4/h1,5-8H2,2-4H3. The summed E-state index contributed by atoms with van der Waals surface area (Å²) in [5, 5.41) is 0. The zero-order valence-electron chi connectivity index (χ0n) is 9.26. The van der Waals surface area contributed by atoms with Gasteiger partial charge in [0.25, 0.3) is 0 Å². The van der Waals surface area contributed by atoms with Crippen LogP contribution < -0.4 is 0 Å². The number of hydrogen-bond acceptors (Lipinski definition) is 3. The maximum atomic E-state index is 5.35. The average molecular weight is 215 g/mol. The first-order chi connectivity index (χ1) is 6.54. The second kappa shape index (κ2) is 7.17. The van der Waals surface area contributed by atoms with Crippen molar-refractivity contribution < 1.29 is 14.2 Å². The molecule has 3 nitrogen and oxygen atoms in total. The van der Waals surface area contributed by atoms with Gasteiger partial charge in [-0.1, -0.05) is 12.2 Å². The maximum Gasteiger partial charge on any atom is 0.143 e. The topological polar surface area (TPSA) is 27.7 Å². The summed E-state index contributed by atoms with van der Waals surface area (Å²) in [6, 6.07) is 0. The number of hydrogen-bond donors (Lipinski definition) is 0. The summed E-state index contributed by atoms with van der Waals surface area (Å²) in [5.41, 5.74) is 0.361. The first-order valence-electron chi connectivity index (χ1n) is 4.61. The molecular weight excluding hydrogens is 196 g/mol. The van der Waals surface area contributed by atoms with Crippen LogP contribution in [0, 0.1) is 0 Å². The van der Waals surface area contributed by atoms with Crippen molar-refractivity contribution in [3.63, 3.8) is 0 Å². The van der Waals surface area contributed by atoms with Crippen LogP contribution >= 0.6 is 0 Å². The number of methoxy groups -OCH3 is 2. The molecule has 0 heterocycles. The van der Waals surface area contributed by atoms with Crippen molar-refractivity contribution in [2.24, 2.45) is 0 Å². The highest BCUT2D eigenvalue weighted by Crippen LogP contribution is 2.13. The normalized spacial score (nSPS) is 11.7. The molecule has 0 bridgehead atoms. The van der Waals surface area contributed by atoms with Crippen LogP contribution in [0.2, 0.25) is 0 Å². The first-order valence-corrected chi connectivity index (χ1v) is 5.11. The van der Waals surface area contributed by atoms with Crippen molar-refractivity contribution in [2.75, 3.05) is 27.4 Å². The van der Waals surface area contributed by atoms with Gasteiger partial charge in [-0.15, -0.1) is 0 Å². The Hall–Kier alpha value is -0.163. The second-order valence-corrected chi connectivity index (χ2v) is 4.04. The largest absolute Gasteiger partial charge is 0.377 e. The van der Waals surface area contributed by atoms with Crippen LogP contribution in [-0.2, 0) is 14.2 Å². The molecule has 0 fully saturated rings. The molecule has 0 rings (SSSR count). The minimum Gasteiger partial charge on any atom is -0.377 e. The van der Waals surface area contributed by atoms with E-state index in [2.05, 4.69) is 16.8 Å². The summed E-state index contributed by atoms with van der Waals surface area (Å²) in [7, 11) is 6.60. The SMILES string of the molecule is C=C(C)COCCCC([Si])(OC)OC. The molecule has 0 N–H and O–H groups in total. The Labute approximate surface area is 89.8 Å². The molecule has 0 atom stereocenters. The quantitative estimate of drug-likeness (QED) is 0.266. The molecule has 0 unspecified atom stereocenters. The van der Waals surface area contributed by atoms with Crippen molar-refractivity contribution in [1.82, 2.24) is 0 Å². The van der Waals surface area contributed by atoms with Crippen molar-refractivity contribution in [1.29, 1.82) is 0 Å². The van der Waals surface area contributed by atoms with Crippen LogP contribution in [0.3, 0.4) is 0 Å². The van der Waals surface area contributed by atoms with Gasteiger partial charge in [-0.05, 0) is 19.8 Å². The molecule has 0 spiro atoms. The Kier molecular flexibility index (Phi) is 7.09. The van der Waals surface area contributed by atoms with Gasteiger partial charge in [-0.25, -0.2) is 0 Å². The predicted molar refractivity (Wildman–Crippen MR) is 57.4 cm³/mol. The summed E-state index contributed by atoms with van der Waals surface area (Å²) in [5.74, 6) is 0. The van der Waals surface area contributed by atoms with E-state index >= 15 is 0 Å². The van der Waals surface area contributed by atoms with E-state index in [1.54, 1.807) is 14.2 Å². The smallest absolute Gasteiger partial charge is 0.143 e. The summed E-state index contributed by atoms with van der Waals surface area (Å²) < 4.78 is 15.6. The lowest BCUT2D eigenvalue weighted by Gasteiger charge is -2.26. The lowest BCUT2D eigenvalue weighted by Crippen LogP contribution is -2.34. The van der Waals surface area contributed by atoms with E-state index in [4.69, 9.17) is 14.2 Å². The zero-order valence-corrected chi connectivity index (χ0v) is 10.3. The van der Waals surface area contributed by atoms with Crippen molar-refractivity contribution >= 4 is 10.2 Å². The Balaban J connectivity index is 3.47. The molecule has 81 valence electrons. The van der Waals surface area contributed by atoms with Gasteiger partial charge in [0, 0.05) is 20.8 Å². The molecule has 3 radical (unpaired) electrons. The minimum absolute atomic E-state index is 0.620. The third-order valence-corrected chi connectivity index (χ3v) is 2.46. The molecule has 0 amide bonds. The van der Waals surface area contributed by atoms with E-state index < -0.39 is 5.41 Å². The number of rotatable bonds is 8. The molecule has 0 aliphatic carbocycles. The summed E-state index contributed by atoms with van der Waals surface area (Å²) in [6.07, 6.45) is 1.62. The molecule has 0 aromatic heterocycles. The third kappa shape index (κ3) is 6.31. The minimum atomic E-state index is -0.674. The van der Waals surface area contributed by atoms with Crippen molar-refractivity contribution in [2.45, 2.75) is 25.2 Å². The second-order valence-electron chi connectivity index (χ2n) is 3.27. The highest BCUT2D eigenvalue weighted by atomic mass is 28.1. The summed E-state index contributed by atoms with van der Waals surface area (Å²) in [6.45, 7) is 7.00. The van der Waals surface area contributed by atoms with Gasteiger partial charge in [0.2, 0.25) is 0 Å². The van der Waals surface area contributed by atoms with Gasteiger partial charge in [0.15, 0.2) is 0 Å². The fraction of sp³-hybridized carbons (Fsp3) is 0.800. The van der Waals surface area contributed by atoms with Crippen LogP contribution in [0.5, 0.6) is 0 Å².